The summed E-state index contributed by atoms with van der Waals surface area (Å²) in [5.74, 6) is 2.46. The maximum absolute atomic E-state index is 12.7. The molecule has 7 nitrogen and oxygen atoms in total. The van der Waals surface area contributed by atoms with Gasteiger partial charge in [-0.2, -0.15) is 16.1 Å². The van der Waals surface area contributed by atoms with Crippen LogP contribution in [0.2, 0.25) is 0 Å². The number of benzene rings is 1. The largest absolute Gasteiger partial charge is 0.360 e. The van der Waals surface area contributed by atoms with Gasteiger partial charge in [-0.25, -0.2) is 18.4 Å². The number of aromatic nitrogens is 3. The van der Waals surface area contributed by atoms with Crippen molar-refractivity contribution in [3.8, 4) is 0 Å². The first-order chi connectivity index (χ1) is 14.1. The van der Waals surface area contributed by atoms with E-state index in [1.807, 2.05) is 24.3 Å². The predicted octanol–water partition coefficient (Wildman–Crippen LogP) is 3.65. The molecule has 0 spiro atoms. The van der Waals surface area contributed by atoms with Crippen LogP contribution >= 0.6 is 11.8 Å². The zero-order chi connectivity index (χ0) is 20.3. The van der Waals surface area contributed by atoms with E-state index in [9.17, 15) is 8.42 Å². The zero-order valence-electron chi connectivity index (χ0n) is 16.3. The highest BCUT2D eigenvalue weighted by Crippen LogP contribution is 2.25. The summed E-state index contributed by atoms with van der Waals surface area (Å²) in [6.45, 7) is 1.18. The van der Waals surface area contributed by atoms with Gasteiger partial charge in [-0.05, 0) is 55.5 Å². The fourth-order valence-electron chi connectivity index (χ4n) is 3.52. The number of H-pyrrole nitrogens is 1. The summed E-state index contributed by atoms with van der Waals surface area (Å²) in [5.41, 5.74) is 1.93. The van der Waals surface area contributed by atoms with Crippen molar-refractivity contribution in [2.24, 2.45) is 0 Å². The highest BCUT2D eigenvalue weighted by molar-refractivity contribution is 7.98. The van der Waals surface area contributed by atoms with Crippen molar-refractivity contribution >= 4 is 38.6 Å². The standard InChI is InChI=1S/C20H25N5O2S2/c1-28-13-10-18(20-23-16-6-2-3-7-17(16)24-20)22-19-9-8-15(14-21-19)29(26,27)25-11-4-5-12-25/h2-3,6-9,14,18H,4-5,10-13H2,1H3,(H,21,22)(H,23,24)/t18-/m0/s1. The van der Waals surface area contributed by atoms with Gasteiger partial charge in [0.05, 0.1) is 17.1 Å². The minimum Gasteiger partial charge on any atom is -0.360 e. The normalized spacial score (nSPS) is 16.3. The van der Waals surface area contributed by atoms with Crippen molar-refractivity contribution in [3.63, 3.8) is 0 Å². The molecule has 3 heterocycles. The Morgan fingerprint density at radius 2 is 2.00 bits per heavy atom. The number of thioether (sulfide) groups is 1. The van der Waals surface area contributed by atoms with Gasteiger partial charge >= 0.3 is 0 Å². The zero-order valence-corrected chi connectivity index (χ0v) is 18.0. The van der Waals surface area contributed by atoms with Crippen LogP contribution in [0.25, 0.3) is 11.0 Å². The highest BCUT2D eigenvalue weighted by Gasteiger charge is 2.27. The molecule has 0 radical (unpaired) electrons. The van der Waals surface area contributed by atoms with E-state index in [-0.39, 0.29) is 10.9 Å². The van der Waals surface area contributed by atoms with Crippen LogP contribution in [0.15, 0.2) is 47.5 Å². The Morgan fingerprint density at radius 1 is 1.21 bits per heavy atom. The third kappa shape index (κ3) is 4.41. The number of nitrogens with zero attached hydrogens (tertiary/aromatic N) is 3. The number of pyridine rings is 1. The van der Waals surface area contributed by atoms with E-state index in [2.05, 4.69) is 21.5 Å². The molecule has 0 amide bonds. The Labute approximate surface area is 175 Å². The van der Waals surface area contributed by atoms with E-state index in [0.717, 1.165) is 41.9 Å². The van der Waals surface area contributed by atoms with Crippen LogP contribution in [0.4, 0.5) is 5.82 Å². The van der Waals surface area contributed by atoms with Crippen molar-refractivity contribution < 1.29 is 8.42 Å². The lowest BCUT2D eigenvalue weighted by atomic mass is 10.2. The quantitative estimate of drug-likeness (QED) is 0.566. The molecule has 1 aliphatic rings. The minimum atomic E-state index is -3.45. The number of fused-ring (bicyclic) bond motifs is 1. The summed E-state index contributed by atoms with van der Waals surface area (Å²) in [6.07, 6.45) is 6.23. The van der Waals surface area contributed by atoms with Crippen LogP contribution in [-0.2, 0) is 10.0 Å². The lowest BCUT2D eigenvalue weighted by Gasteiger charge is -2.18. The summed E-state index contributed by atoms with van der Waals surface area (Å²) in [4.78, 5) is 12.7. The number of hydrogen-bond donors (Lipinski definition) is 2. The van der Waals surface area contributed by atoms with Crippen LogP contribution in [0.5, 0.6) is 0 Å². The molecule has 1 aliphatic heterocycles. The van der Waals surface area contributed by atoms with Crippen molar-refractivity contribution in [2.75, 3.05) is 30.4 Å². The monoisotopic (exact) mass is 431 g/mol. The molecule has 1 saturated heterocycles. The second kappa shape index (κ2) is 8.73. The smallest absolute Gasteiger partial charge is 0.244 e. The number of imidazole rings is 1. The van der Waals surface area contributed by atoms with Crippen LogP contribution in [0.3, 0.4) is 0 Å². The summed E-state index contributed by atoms with van der Waals surface area (Å²) in [6, 6.07) is 11.3. The molecule has 4 rings (SSSR count). The van der Waals surface area contributed by atoms with Crippen molar-refractivity contribution in [1.82, 2.24) is 19.3 Å². The van der Waals surface area contributed by atoms with Gasteiger partial charge in [-0.3, -0.25) is 0 Å². The fraction of sp³-hybridized carbons (Fsp3) is 0.400. The number of aromatic amines is 1. The molecule has 0 saturated carbocycles. The van der Waals surface area contributed by atoms with Crippen LogP contribution in [0, 0.1) is 0 Å². The third-order valence-electron chi connectivity index (χ3n) is 5.11. The third-order valence-corrected chi connectivity index (χ3v) is 7.64. The molecule has 154 valence electrons. The maximum Gasteiger partial charge on any atom is 0.244 e. The van der Waals surface area contributed by atoms with Crippen molar-refractivity contribution in [1.29, 1.82) is 0 Å². The molecule has 29 heavy (non-hydrogen) atoms. The summed E-state index contributed by atoms with van der Waals surface area (Å²) in [7, 11) is -3.45. The first-order valence-electron chi connectivity index (χ1n) is 9.74. The second-order valence-corrected chi connectivity index (χ2v) is 10.0. The molecule has 2 aromatic heterocycles. The molecule has 2 N–H and O–H groups in total. The van der Waals surface area contributed by atoms with Crippen molar-refractivity contribution in [2.45, 2.75) is 30.2 Å². The predicted molar refractivity (Wildman–Crippen MR) is 118 cm³/mol. The summed E-state index contributed by atoms with van der Waals surface area (Å²) in [5, 5.41) is 3.41. The Bertz CT molecular complexity index is 1030. The van der Waals surface area contributed by atoms with Crippen molar-refractivity contribution in [3.05, 3.63) is 48.4 Å². The van der Waals surface area contributed by atoms with Gasteiger partial charge < -0.3 is 10.3 Å². The Hall–Kier alpha value is -2.10. The molecule has 0 bridgehead atoms. The molecule has 1 aromatic carbocycles. The maximum atomic E-state index is 12.7. The van der Waals surface area contributed by atoms with E-state index < -0.39 is 10.0 Å². The summed E-state index contributed by atoms with van der Waals surface area (Å²) >= 11 is 1.78. The number of anilines is 1. The van der Waals surface area contributed by atoms with Gasteiger partial charge in [-0.1, -0.05) is 12.1 Å². The van der Waals surface area contributed by atoms with E-state index in [4.69, 9.17) is 4.98 Å². The Balaban J connectivity index is 1.54. The van der Waals surface area contributed by atoms with E-state index in [1.54, 1.807) is 23.9 Å². The van der Waals surface area contributed by atoms with Crippen LogP contribution < -0.4 is 5.32 Å². The SMILES string of the molecule is CSCC[C@H](Nc1ccc(S(=O)(=O)N2CCCC2)cn1)c1nc2ccccc2[nH]1. The average molecular weight is 432 g/mol. The van der Waals surface area contributed by atoms with Gasteiger partial charge in [0.2, 0.25) is 10.0 Å². The average Bonchev–Trinajstić information content (AvgIpc) is 3.41. The van der Waals surface area contributed by atoms with Gasteiger partial charge in [-0.15, -0.1) is 0 Å². The Kier molecular flexibility index (Phi) is 6.07. The number of hydrogen-bond acceptors (Lipinski definition) is 6. The topological polar surface area (TPSA) is 91.0 Å². The van der Waals surface area contributed by atoms with Gasteiger partial charge in [0.1, 0.15) is 16.5 Å². The number of para-hydroxylation sites is 2. The summed E-state index contributed by atoms with van der Waals surface area (Å²) < 4.78 is 26.9. The van der Waals surface area contributed by atoms with Gasteiger partial charge in [0.15, 0.2) is 0 Å². The van der Waals surface area contributed by atoms with Gasteiger partial charge in [0.25, 0.3) is 0 Å². The molecule has 0 unspecified atom stereocenters. The number of nitrogens with one attached hydrogen (secondary N) is 2. The lowest BCUT2D eigenvalue weighted by Crippen LogP contribution is -2.28. The molecule has 9 heteroatoms. The first kappa shape index (κ1) is 20.2. The van der Waals surface area contributed by atoms with E-state index >= 15 is 0 Å². The Morgan fingerprint density at radius 3 is 2.69 bits per heavy atom. The van der Waals surface area contributed by atoms with E-state index in [0.29, 0.717) is 18.9 Å². The fourth-order valence-corrected chi connectivity index (χ4v) is 5.46. The molecular formula is C20H25N5O2S2. The lowest BCUT2D eigenvalue weighted by molar-refractivity contribution is 0.477. The molecule has 3 aromatic rings. The van der Waals surface area contributed by atoms with Crippen LogP contribution in [0.1, 0.15) is 31.1 Å². The highest BCUT2D eigenvalue weighted by atomic mass is 32.2. The number of sulfonamides is 1. The first-order valence-corrected chi connectivity index (χ1v) is 12.6. The number of rotatable bonds is 8. The van der Waals surface area contributed by atoms with E-state index in [1.165, 1.54) is 10.5 Å². The molecule has 1 fully saturated rings. The van der Waals surface area contributed by atoms with Crippen LogP contribution in [-0.4, -0.2) is 52.8 Å². The second-order valence-electron chi connectivity index (χ2n) is 7.11. The molecule has 1 atom stereocenters. The molecule has 0 aliphatic carbocycles. The van der Waals surface area contributed by atoms with Gasteiger partial charge in [0, 0.05) is 19.3 Å². The minimum absolute atomic E-state index is 0.0385. The molecular weight excluding hydrogens is 406 g/mol.